The molecule has 0 spiro atoms. The number of carbonyl (C=O) groups is 3. The summed E-state index contributed by atoms with van der Waals surface area (Å²) in [4.78, 5) is 38.3. The molecule has 0 bridgehead atoms. The third-order valence-electron chi connectivity index (χ3n) is 5.55. The first-order chi connectivity index (χ1) is 17.3. The van der Waals surface area contributed by atoms with E-state index < -0.39 is 35.4 Å². The number of rotatable bonds is 17. The summed E-state index contributed by atoms with van der Waals surface area (Å²) in [7, 11) is 0. The van der Waals surface area contributed by atoms with E-state index in [1.54, 1.807) is 47.6 Å². The van der Waals surface area contributed by atoms with Crippen LogP contribution in [-0.4, -0.2) is 46.9 Å². The number of unbranched alkanes of at least 4 members (excludes halogenated alkanes) is 12. The standard InChI is InChI=1S/C30H55NO6/c1-9-10-11-12-13-14-15-16-17-18-19-20-21-22-23-26(24-35-25(2)32)31(27(33)36-29(3,4)5)28(34)37-30(6,7)8/h22-23,26H,9-21,24H2,1-8H3/b23-22-/t26-/m1/s1. The van der Waals surface area contributed by atoms with Crippen molar-refractivity contribution in [2.45, 2.75) is 156 Å². The zero-order valence-electron chi connectivity index (χ0n) is 25.0. The third kappa shape index (κ3) is 20.7. The van der Waals surface area contributed by atoms with E-state index in [9.17, 15) is 14.4 Å². The first kappa shape index (κ1) is 35.0. The molecule has 0 aliphatic carbocycles. The lowest BCUT2D eigenvalue weighted by Crippen LogP contribution is -2.50. The second-order valence-electron chi connectivity index (χ2n) is 11.8. The number of allylic oxidation sites excluding steroid dienone is 1. The average Bonchev–Trinajstić information content (AvgIpc) is 2.74. The van der Waals surface area contributed by atoms with Gasteiger partial charge in [0.1, 0.15) is 17.8 Å². The van der Waals surface area contributed by atoms with Gasteiger partial charge in [-0.1, -0.05) is 89.7 Å². The van der Waals surface area contributed by atoms with Crippen LogP contribution in [0.2, 0.25) is 0 Å². The Kier molecular flexibility index (Phi) is 18.0. The van der Waals surface area contributed by atoms with E-state index in [0.717, 1.165) is 24.2 Å². The first-order valence-electron chi connectivity index (χ1n) is 14.3. The molecule has 7 heteroatoms. The van der Waals surface area contributed by atoms with Gasteiger partial charge < -0.3 is 14.2 Å². The van der Waals surface area contributed by atoms with Crippen LogP contribution in [0.15, 0.2) is 12.2 Å². The predicted molar refractivity (Wildman–Crippen MR) is 150 cm³/mol. The minimum Gasteiger partial charge on any atom is -0.463 e. The van der Waals surface area contributed by atoms with Crippen LogP contribution in [0.4, 0.5) is 9.59 Å². The summed E-state index contributed by atoms with van der Waals surface area (Å²) in [6, 6.07) is -0.828. The van der Waals surface area contributed by atoms with Crippen molar-refractivity contribution in [1.29, 1.82) is 0 Å². The van der Waals surface area contributed by atoms with Crippen LogP contribution in [0.1, 0.15) is 139 Å². The topological polar surface area (TPSA) is 82.1 Å². The largest absolute Gasteiger partial charge is 0.463 e. The average molecular weight is 526 g/mol. The molecule has 0 aromatic rings. The number of hydrogen-bond donors (Lipinski definition) is 0. The van der Waals surface area contributed by atoms with E-state index >= 15 is 0 Å². The number of esters is 1. The van der Waals surface area contributed by atoms with Crippen LogP contribution >= 0.6 is 0 Å². The van der Waals surface area contributed by atoms with E-state index in [-0.39, 0.29) is 6.61 Å². The Morgan fingerprint density at radius 2 is 1.11 bits per heavy atom. The van der Waals surface area contributed by atoms with Crippen LogP contribution in [0.25, 0.3) is 0 Å². The number of amides is 2. The van der Waals surface area contributed by atoms with E-state index in [0.29, 0.717) is 0 Å². The fraction of sp³-hybridized carbons (Fsp3) is 0.833. The van der Waals surface area contributed by atoms with Crippen molar-refractivity contribution in [1.82, 2.24) is 4.90 Å². The van der Waals surface area contributed by atoms with Crippen molar-refractivity contribution in [3.05, 3.63) is 12.2 Å². The van der Waals surface area contributed by atoms with Crippen molar-refractivity contribution >= 4 is 18.2 Å². The minimum atomic E-state index is -0.839. The van der Waals surface area contributed by atoms with E-state index in [1.165, 1.54) is 71.1 Å². The molecular formula is C30H55NO6. The van der Waals surface area contributed by atoms with Gasteiger partial charge in [0.05, 0.1) is 6.04 Å². The maximum Gasteiger partial charge on any atom is 0.420 e. The van der Waals surface area contributed by atoms with Crippen molar-refractivity contribution in [3.8, 4) is 0 Å². The summed E-state index contributed by atoms with van der Waals surface area (Å²) in [5.41, 5.74) is -1.61. The number of nitrogens with zero attached hydrogens (tertiary/aromatic N) is 1. The Morgan fingerprint density at radius 1 is 0.703 bits per heavy atom. The van der Waals surface area contributed by atoms with Gasteiger partial charge in [0.25, 0.3) is 0 Å². The lowest BCUT2D eigenvalue weighted by atomic mass is 10.0. The maximum atomic E-state index is 12.9. The van der Waals surface area contributed by atoms with Crippen LogP contribution in [0.5, 0.6) is 0 Å². The van der Waals surface area contributed by atoms with Crippen LogP contribution in [0, 0.1) is 0 Å². The third-order valence-corrected chi connectivity index (χ3v) is 5.55. The summed E-state index contributed by atoms with van der Waals surface area (Å²) < 4.78 is 16.1. The molecule has 37 heavy (non-hydrogen) atoms. The summed E-state index contributed by atoms with van der Waals surface area (Å²) in [6.45, 7) is 13.7. The zero-order valence-corrected chi connectivity index (χ0v) is 25.0. The summed E-state index contributed by atoms with van der Waals surface area (Å²) in [5.74, 6) is -0.493. The molecule has 0 saturated heterocycles. The molecule has 0 saturated carbocycles. The lowest BCUT2D eigenvalue weighted by Gasteiger charge is -2.32. The molecule has 0 aromatic heterocycles. The summed E-state index contributed by atoms with van der Waals surface area (Å²) >= 11 is 0. The molecule has 7 nitrogen and oxygen atoms in total. The molecule has 0 heterocycles. The number of ether oxygens (including phenoxy) is 3. The van der Waals surface area contributed by atoms with Crippen LogP contribution in [0.3, 0.4) is 0 Å². The zero-order chi connectivity index (χ0) is 28.3. The predicted octanol–water partition coefficient (Wildman–Crippen LogP) is 8.74. The fourth-order valence-electron chi connectivity index (χ4n) is 3.74. The van der Waals surface area contributed by atoms with Gasteiger partial charge in [-0.2, -0.15) is 0 Å². The van der Waals surface area contributed by atoms with Crippen LogP contribution < -0.4 is 0 Å². The van der Waals surface area contributed by atoms with Gasteiger partial charge in [-0.3, -0.25) is 4.79 Å². The van der Waals surface area contributed by atoms with Crippen LogP contribution in [-0.2, 0) is 19.0 Å². The number of hydrogen-bond acceptors (Lipinski definition) is 6. The van der Waals surface area contributed by atoms with Gasteiger partial charge in [-0.25, -0.2) is 14.5 Å². The van der Waals surface area contributed by atoms with E-state index in [2.05, 4.69) is 6.92 Å². The normalized spacial score (nSPS) is 12.9. The monoisotopic (exact) mass is 525 g/mol. The Hall–Kier alpha value is -2.05. The van der Waals surface area contributed by atoms with Crippen molar-refractivity contribution in [2.24, 2.45) is 0 Å². The summed E-state index contributed by atoms with van der Waals surface area (Å²) in [6.07, 6.45) is 18.2. The van der Waals surface area contributed by atoms with Crippen molar-refractivity contribution < 1.29 is 28.6 Å². The Morgan fingerprint density at radius 3 is 1.49 bits per heavy atom. The SMILES string of the molecule is CCCCCCCCCCCCCC/C=C\[C@H](COC(C)=O)N(C(=O)OC(C)(C)C)C(=O)OC(C)(C)C. The molecule has 0 N–H and O–H groups in total. The molecule has 0 unspecified atom stereocenters. The summed E-state index contributed by atoms with van der Waals surface area (Å²) in [5, 5.41) is 0. The van der Waals surface area contributed by atoms with Crippen molar-refractivity contribution in [2.75, 3.05) is 6.61 Å². The van der Waals surface area contributed by atoms with Gasteiger partial charge in [0.15, 0.2) is 0 Å². The number of imide groups is 1. The molecule has 0 rings (SSSR count). The first-order valence-corrected chi connectivity index (χ1v) is 14.3. The Balaban J connectivity index is 4.84. The van der Waals surface area contributed by atoms with Gasteiger partial charge >= 0.3 is 18.2 Å². The van der Waals surface area contributed by atoms with E-state index in [4.69, 9.17) is 14.2 Å². The maximum absolute atomic E-state index is 12.9. The number of carbonyl (C=O) groups excluding carboxylic acids is 3. The molecular weight excluding hydrogens is 470 g/mol. The molecule has 216 valence electrons. The van der Waals surface area contributed by atoms with E-state index in [1.807, 2.05) is 6.08 Å². The van der Waals surface area contributed by atoms with Gasteiger partial charge in [-0.15, -0.1) is 0 Å². The highest BCUT2D eigenvalue weighted by atomic mass is 16.6. The van der Waals surface area contributed by atoms with Gasteiger partial charge in [-0.05, 0) is 54.4 Å². The molecule has 0 radical (unpaired) electrons. The quantitative estimate of drug-likeness (QED) is 0.0817. The molecule has 0 aromatic carbocycles. The Bertz CT molecular complexity index is 647. The molecule has 1 atom stereocenters. The smallest absolute Gasteiger partial charge is 0.420 e. The lowest BCUT2D eigenvalue weighted by molar-refractivity contribution is -0.142. The minimum absolute atomic E-state index is 0.164. The van der Waals surface area contributed by atoms with Crippen molar-refractivity contribution in [3.63, 3.8) is 0 Å². The molecule has 2 amide bonds. The second kappa shape index (κ2) is 19.1. The highest BCUT2D eigenvalue weighted by Crippen LogP contribution is 2.19. The highest BCUT2D eigenvalue weighted by Gasteiger charge is 2.36. The fourth-order valence-corrected chi connectivity index (χ4v) is 3.74. The molecule has 0 aliphatic rings. The van der Waals surface area contributed by atoms with Gasteiger partial charge in [0, 0.05) is 6.92 Å². The Labute approximate surface area is 226 Å². The molecule has 0 fully saturated rings. The highest BCUT2D eigenvalue weighted by molar-refractivity contribution is 5.89. The van der Waals surface area contributed by atoms with Gasteiger partial charge in [0.2, 0.25) is 0 Å². The molecule has 0 aliphatic heterocycles. The second-order valence-corrected chi connectivity index (χ2v) is 11.8.